The van der Waals surface area contributed by atoms with Gasteiger partial charge in [0.2, 0.25) is 0 Å². The van der Waals surface area contributed by atoms with Crippen molar-refractivity contribution in [1.82, 2.24) is 0 Å². The zero-order valence-electron chi connectivity index (χ0n) is 8.64. The van der Waals surface area contributed by atoms with E-state index >= 15 is 0 Å². The van der Waals surface area contributed by atoms with Crippen LogP contribution in [0.5, 0.6) is 0 Å². The minimum Gasteiger partial charge on any atom is -0.313 e. The molecule has 0 aliphatic heterocycles. The standard InChI is InChI=1S/C10H22OS/c1-4-5-6-7-8-9-10(2)11-12-3/h10H,4-9H2,1-3H3. The molecule has 1 nitrogen and oxygen atoms in total. The van der Waals surface area contributed by atoms with Gasteiger partial charge < -0.3 is 4.18 Å². The van der Waals surface area contributed by atoms with Crippen LogP contribution in [0.2, 0.25) is 0 Å². The molecule has 0 N–H and O–H groups in total. The second kappa shape index (κ2) is 9.40. The maximum Gasteiger partial charge on any atom is 0.0694 e. The normalized spacial score (nSPS) is 13.2. The molecule has 0 rings (SSSR count). The lowest BCUT2D eigenvalue weighted by Crippen LogP contribution is -2.02. The molecule has 12 heavy (non-hydrogen) atoms. The molecule has 0 saturated heterocycles. The summed E-state index contributed by atoms with van der Waals surface area (Å²) in [5, 5.41) is 0. The monoisotopic (exact) mass is 190 g/mol. The third-order valence-corrected chi connectivity index (χ3v) is 2.50. The van der Waals surface area contributed by atoms with Gasteiger partial charge in [0.05, 0.1) is 6.10 Å². The Bertz CT molecular complexity index is 85.9. The molecule has 1 atom stereocenters. The smallest absolute Gasteiger partial charge is 0.0694 e. The van der Waals surface area contributed by atoms with E-state index < -0.39 is 0 Å². The van der Waals surface area contributed by atoms with Gasteiger partial charge in [0, 0.05) is 6.26 Å². The van der Waals surface area contributed by atoms with E-state index in [1.165, 1.54) is 50.6 Å². The van der Waals surface area contributed by atoms with Crippen LogP contribution >= 0.6 is 12.0 Å². The quantitative estimate of drug-likeness (QED) is 0.422. The summed E-state index contributed by atoms with van der Waals surface area (Å²) in [7, 11) is 0. The van der Waals surface area contributed by atoms with E-state index in [0.717, 1.165) is 0 Å². The first kappa shape index (κ1) is 12.3. The molecule has 0 spiro atoms. The lowest BCUT2D eigenvalue weighted by Gasteiger charge is -2.08. The van der Waals surface area contributed by atoms with Crippen molar-refractivity contribution in [2.45, 2.75) is 58.5 Å². The van der Waals surface area contributed by atoms with Gasteiger partial charge in [0.15, 0.2) is 0 Å². The van der Waals surface area contributed by atoms with E-state index in [2.05, 4.69) is 13.8 Å². The average Bonchev–Trinajstić information content (AvgIpc) is 2.05. The van der Waals surface area contributed by atoms with Crippen molar-refractivity contribution in [3.8, 4) is 0 Å². The van der Waals surface area contributed by atoms with Crippen LogP contribution in [0.3, 0.4) is 0 Å². The Morgan fingerprint density at radius 2 is 1.83 bits per heavy atom. The van der Waals surface area contributed by atoms with Crippen LogP contribution in [0.1, 0.15) is 52.4 Å². The van der Waals surface area contributed by atoms with Gasteiger partial charge in [-0.15, -0.1) is 0 Å². The van der Waals surface area contributed by atoms with Crippen LogP contribution in [0, 0.1) is 0 Å². The highest BCUT2D eigenvalue weighted by atomic mass is 32.2. The molecule has 0 fully saturated rings. The summed E-state index contributed by atoms with van der Waals surface area (Å²) in [4.78, 5) is 0. The third-order valence-electron chi connectivity index (χ3n) is 1.97. The third kappa shape index (κ3) is 8.41. The highest BCUT2D eigenvalue weighted by Crippen LogP contribution is 2.12. The summed E-state index contributed by atoms with van der Waals surface area (Å²) in [6, 6.07) is 0. The van der Waals surface area contributed by atoms with Crippen LogP contribution < -0.4 is 0 Å². The Hall–Kier alpha value is 0.310. The number of rotatable bonds is 8. The van der Waals surface area contributed by atoms with E-state index in [-0.39, 0.29) is 0 Å². The van der Waals surface area contributed by atoms with Gasteiger partial charge in [-0.3, -0.25) is 0 Å². The van der Waals surface area contributed by atoms with E-state index in [9.17, 15) is 0 Å². The molecule has 0 saturated carbocycles. The summed E-state index contributed by atoms with van der Waals surface area (Å²) >= 11 is 1.48. The maximum absolute atomic E-state index is 5.37. The topological polar surface area (TPSA) is 9.23 Å². The molecule has 0 aliphatic rings. The van der Waals surface area contributed by atoms with Crippen LogP contribution in [0.4, 0.5) is 0 Å². The van der Waals surface area contributed by atoms with Crippen LogP contribution in [0.25, 0.3) is 0 Å². The van der Waals surface area contributed by atoms with E-state index in [1.807, 2.05) is 6.26 Å². The zero-order chi connectivity index (χ0) is 9.23. The Morgan fingerprint density at radius 1 is 1.17 bits per heavy atom. The molecule has 74 valence electrons. The molecule has 1 unspecified atom stereocenters. The minimum absolute atomic E-state index is 0.432. The molecule has 0 aliphatic carbocycles. The maximum atomic E-state index is 5.37. The van der Waals surface area contributed by atoms with Crippen LogP contribution in [0.15, 0.2) is 0 Å². The second-order valence-electron chi connectivity index (χ2n) is 3.28. The van der Waals surface area contributed by atoms with Gasteiger partial charge in [0.1, 0.15) is 0 Å². The first-order chi connectivity index (χ1) is 5.81. The fourth-order valence-electron chi connectivity index (χ4n) is 1.25. The molecule has 2 heteroatoms. The number of hydrogen-bond acceptors (Lipinski definition) is 2. The average molecular weight is 190 g/mol. The summed E-state index contributed by atoms with van der Waals surface area (Å²) in [5.41, 5.74) is 0. The Balaban J connectivity index is 2.97. The Kier molecular flexibility index (Phi) is 9.64. The lowest BCUT2D eigenvalue weighted by atomic mass is 10.1. The first-order valence-electron chi connectivity index (χ1n) is 5.00. The Morgan fingerprint density at radius 3 is 2.42 bits per heavy atom. The lowest BCUT2D eigenvalue weighted by molar-refractivity contribution is 0.246. The van der Waals surface area contributed by atoms with Crippen molar-refractivity contribution in [3.63, 3.8) is 0 Å². The van der Waals surface area contributed by atoms with Crippen molar-refractivity contribution in [3.05, 3.63) is 0 Å². The van der Waals surface area contributed by atoms with Gasteiger partial charge >= 0.3 is 0 Å². The van der Waals surface area contributed by atoms with Gasteiger partial charge in [0.25, 0.3) is 0 Å². The molecule has 0 radical (unpaired) electrons. The number of hydrogen-bond donors (Lipinski definition) is 0. The molecule has 0 heterocycles. The fourth-order valence-corrected chi connectivity index (χ4v) is 1.67. The molecule has 0 aromatic rings. The minimum atomic E-state index is 0.432. The molecule has 0 amide bonds. The fraction of sp³-hybridized carbons (Fsp3) is 1.00. The largest absolute Gasteiger partial charge is 0.313 e. The van der Waals surface area contributed by atoms with Gasteiger partial charge in [-0.25, -0.2) is 0 Å². The number of unbranched alkanes of at least 4 members (excludes halogenated alkanes) is 4. The van der Waals surface area contributed by atoms with Crippen molar-refractivity contribution >= 4 is 12.0 Å². The SMILES string of the molecule is CCCCCCCC(C)OSC. The summed E-state index contributed by atoms with van der Waals surface area (Å²) in [6.45, 7) is 4.40. The van der Waals surface area contributed by atoms with Gasteiger partial charge in [-0.05, 0) is 25.4 Å². The molecular weight excluding hydrogens is 168 g/mol. The van der Waals surface area contributed by atoms with E-state index in [4.69, 9.17) is 4.18 Å². The summed E-state index contributed by atoms with van der Waals surface area (Å²) < 4.78 is 5.37. The Labute approximate surface area is 81.5 Å². The molecular formula is C10H22OS. The predicted octanol–water partition coefficient (Wildman–Crippen LogP) is 4.03. The van der Waals surface area contributed by atoms with Crippen LogP contribution in [-0.2, 0) is 4.18 Å². The highest BCUT2D eigenvalue weighted by molar-refractivity contribution is 7.93. The van der Waals surface area contributed by atoms with E-state index in [1.54, 1.807) is 0 Å². The second-order valence-corrected chi connectivity index (χ2v) is 3.80. The summed E-state index contributed by atoms with van der Waals surface area (Å²) in [6.07, 6.45) is 10.4. The van der Waals surface area contributed by atoms with E-state index in [0.29, 0.717) is 6.10 Å². The zero-order valence-corrected chi connectivity index (χ0v) is 9.45. The van der Waals surface area contributed by atoms with Crippen LogP contribution in [-0.4, -0.2) is 12.4 Å². The predicted molar refractivity (Wildman–Crippen MR) is 57.4 cm³/mol. The van der Waals surface area contributed by atoms with Gasteiger partial charge in [-0.2, -0.15) is 0 Å². The molecule has 0 bridgehead atoms. The summed E-state index contributed by atoms with van der Waals surface area (Å²) in [5.74, 6) is 0. The van der Waals surface area contributed by atoms with Crippen molar-refractivity contribution in [2.24, 2.45) is 0 Å². The highest BCUT2D eigenvalue weighted by Gasteiger charge is 2.00. The molecule has 0 aromatic heterocycles. The van der Waals surface area contributed by atoms with Crippen molar-refractivity contribution < 1.29 is 4.18 Å². The van der Waals surface area contributed by atoms with Crippen molar-refractivity contribution in [1.29, 1.82) is 0 Å². The van der Waals surface area contributed by atoms with Gasteiger partial charge in [-0.1, -0.05) is 39.0 Å². The molecule has 0 aromatic carbocycles. The van der Waals surface area contributed by atoms with Crippen molar-refractivity contribution in [2.75, 3.05) is 6.26 Å². The first-order valence-corrected chi connectivity index (χ1v) is 6.15.